The van der Waals surface area contributed by atoms with Crippen LogP contribution in [0.2, 0.25) is 0 Å². The Kier molecular flexibility index (Phi) is 3.02. The molecule has 0 aliphatic heterocycles. The standard InChI is InChI=1S/C12H14N2O2S/c1-4-8-6-13-14(3)11(8)9-5-10(12(15)16)17-7(9)2/h5-6H,4H2,1-3H3,(H,15,16). The Morgan fingerprint density at radius 1 is 1.59 bits per heavy atom. The minimum atomic E-state index is -0.871. The zero-order valence-corrected chi connectivity index (χ0v) is 10.8. The fraction of sp³-hybridized carbons (Fsp3) is 0.333. The number of aromatic carboxylic acids is 1. The summed E-state index contributed by atoms with van der Waals surface area (Å²) in [6.07, 6.45) is 2.73. The summed E-state index contributed by atoms with van der Waals surface area (Å²) in [4.78, 5) is 12.4. The molecule has 0 bridgehead atoms. The van der Waals surface area contributed by atoms with Crippen molar-refractivity contribution in [3.8, 4) is 11.3 Å². The Morgan fingerprint density at radius 3 is 2.82 bits per heavy atom. The third-order valence-corrected chi connectivity index (χ3v) is 3.82. The highest BCUT2D eigenvalue weighted by Crippen LogP contribution is 2.32. The van der Waals surface area contributed by atoms with E-state index in [1.54, 1.807) is 10.7 Å². The van der Waals surface area contributed by atoms with Crippen molar-refractivity contribution in [1.29, 1.82) is 0 Å². The highest BCUT2D eigenvalue weighted by molar-refractivity contribution is 7.14. The number of hydrogen-bond acceptors (Lipinski definition) is 3. The summed E-state index contributed by atoms with van der Waals surface area (Å²) < 4.78 is 1.81. The van der Waals surface area contributed by atoms with Crippen LogP contribution < -0.4 is 0 Å². The van der Waals surface area contributed by atoms with E-state index in [4.69, 9.17) is 5.11 Å². The monoisotopic (exact) mass is 250 g/mol. The maximum Gasteiger partial charge on any atom is 0.345 e. The molecule has 5 heteroatoms. The van der Waals surface area contributed by atoms with Gasteiger partial charge in [-0.15, -0.1) is 11.3 Å². The highest BCUT2D eigenvalue weighted by atomic mass is 32.1. The summed E-state index contributed by atoms with van der Waals surface area (Å²) in [6, 6.07) is 1.73. The average Bonchev–Trinajstić information content (AvgIpc) is 2.81. The molecule has 2 aromatic heterocycles. The molecule has 2 aromatic rings. The molecule has 0 aliphatic carbocycles. The molecular formula is C12H14N2O2S. The van der Waals surface area contributed by atoms with Crippen molar-refractivity contribution in [3.05, 3.63) is 27.6 Å². The fourth-order valence-corrected chi connectivity index (χ4v) is 2.77. The smallest absolute Gasteiger partial charge is 0.345 e. The predicted molar refractivity (Wildman–Crippen MR) is 67.6 cm³/mol. The van der Waals surface area contributed by atoms with Crippen LogP contribution in [0.15, 0.2) is 12.3 Å². The van der Waals surface area contributed by atoms with Gasteiger partial charge in [-0.2, -0.15) is 5.10 Å². The first kappa shape index (κ1) is 11.9. The van der Waals surface area contributed by atoms with Gasteiger partial charge in [0, 0.05) is 17.5 Å². The van der Waals surface area contributed by atoms with Crippen LogP contribution in [0.5, 0.6) is 0 Å². The molecule has 17 heavy (non-hydrogen) atoms. The SMILES string of the molecule is CCc1cnn(C)c1-c1cc(C(=O)O)sc1C. The van der Waals surface area contributed by atoms with E-state index in [9.17, 15) is 4.79 Å². The Balaban J connectivity index is 2.59. The van der Waals surface area contributed by atoms with Gasteiger partial charge in [-0.3, -0.25) is 4.68 Å². The van der Waals surface area contributed by atoms with Crippen LogP contribution in [0.1, 0.15) is 27.0 Å². The maximum atomic E-state index is 11.0. The first-order valence-corrected chi connectivity index (χ1v) is 6.21. The lowest BCUT2D eigenvalue weighted by atomic mass is 10.1. The van der Waals surface area contributed by atoms with Crippen molar-refractivity contribution in [2.75, 3.05) is 0 Å². The summed E-state index contributed by atoms with van der Waals surface area (Å²) in [5, 5.41) is 13.2. The minimum absolute atomic E-state index is 0.376. The molecule has 90 valence electrons. The largest absolute Gasteiger partial charge is 0.477 e. The van der Waals surface area contributed by atoms with Crippen molar-refractivity contribution >= 4 is 17.3 Å². The molecule has 0 saturated carbocycles. The zero-order valence-electron chi connectivity index (χ0n) is 10.0. The van der Waals surface area contributed by atoms with Gasteiger partial charge in [0.05, 0.1) is 11.9 Å². The molecule has 0 fully saturated rings. The first-order valence-electron chi connectivity index (χ1n) is 5.39. The molecule has 0 amide bonds. The third-order valence-electron chi connectivity index (χ3n) is 2.78. The van der Waals surface area contributed by atoms with Crippen LogP contribution in [0.25, 0.3) is 11.3 Å². The van der Waals surface area contributed by atoms with Crippen LogP contribution in [-0.2, 0) is 13.5 Å². The van der Waals surface area contributed by atoms with E-state index in [1.165, 1.54) is 11.3 Å². The van der Waals surface area contributed by atoms with Gasteiger partial charge in [-0.05, 0) is 25.0 Å². The molecular weight excluding hydrogens is 236 g/mol. The van der Waals surface area contributed by atoms with Gasteiger partial charge in [0.15, 0.2) is 0 Å². The normalized spacial score (nSPS) is 10.8. The molecule has 2 heterocycles. The number of carboxylic acids is 1. The number of carbonyl (C=O) groups is 1. The zero-order chi connectivity index (χ0) is 12.6. The highest BCUT2D eigenvalue weighted by Gasteiger charge is 2.17. The Bertz CT molecular complexity index is 569. The van der Waals surface area contributed by atoms with Crippen LogP contribution in [0.4, 0.5) is 0 Å². The van der Waals surface area contributed by atoms with Crippen LogP contribution in [0, 0.1) is 6.92 Å². The number of aromatic nitrogens is 2. The number of carboxylic acid groups (broad SMARTS) is 1. The second-order valence-corrected chi connectivity index (χ2v) is 5.14. The number of rotatable bonds is 3. The number of thiophene rings is 1. The lowest BCUT2D eigenvalue weighted by molar-refractivity contribution is 0.0702. The second-order valence-electron chi connectivity index (χ2n) is 3.88. The van der Waals surface area contributed by atoms with E-state index < -0.39 is 5.97 Å². The van der Waals surface area contributed by atoms with Gasteiger partial charge in [0.25, 0.3) is 0 Å². The number of hydrogen-bond donors (Lipinski definition) is 1. The molecule has 0 radical (unpaired) electrons. The molecule has 0 aliphatic rings. The van der Waals surface area contributed by atoms with Crippen molar-refractivity contribution in [1.82, 2.24) is 9.78 Å². The second kappa shape index (κ2) is 4.33. The van der Waals surface area contributed by atoms with Gasteiger partial charge >= 0.3 is 5.97 Å². The van der Waals surface area contributed by atoms with Gasteiger partial charge in [-0.1, -0.05) is 6.92 Å². The quantitative estimate of drug-likeness (QED) is 0.911. The molecule has 0 aromatic carbocycles. The molecule has 0 spiro atoms. The van der Waals surface area contributed by atoms with Crippen molar-refractivity contribution < 1.29 is 9.90 Å². The van der Waals surface area contributed by atoms with Gasteiger partial charge < -0.3 is 5.11 Å². The average molecular weight is 250 g/mol. The lowest BCUT2D eigenvalue weighted by Crippen LogP contribution is -1.95. The fourth-order valence-electron chi connectivity index (χ4n) is 1.91. The summed E-state index contributed by atoms with van der Waals surface area (Å²) in [7, 11) is 1.88. The summed E-state index contributed by atoms with van der Waals surface area (Å²) >= 11 is 1.31. The molecule has 0 saturated heterocycles. The van der Waals surface area contributed by atoms with Crippen LogP contribution in [-0.4, -0.2) is 20.9 Å². The molecule has 1 N–H and O–H groups in total. The number of aryl methyl sites for hydroxylation is 3. The van der Waals surface area contributed by atoms with E-state index in [0.29, 0.717) is 4.88 Å². The van der Waals surface area contributed by atoms with E-state index in [2.05, 4.69) is 12.0 Å². The van der Waals surface area contributed by atoms with E-state index in [-0.39, 0.29) is 0 Å². The Morgan fingerprint density at radius 2 is 2.29 bits per heavy atom. The van der Waals surface area contributed by atoms with Crippen molar-refractivity contribution in [2.45, 2.75) is 20.3 Å². The molecule has 2 rings (SSSR count). The predicted octanol–water partition coefficient (Wildman–Crippen LogP) is 2.72. The van der Waals surface area contributed by atoms with Crippen molar-refractivity contribution in [2.24, 2.45) is 7.05 Å². The van der Waals surface area contributed by atoms with E-state index in [1.807, 2.05) is 20.2 Å². The topological polar surface area (TPSA) is 55.1 Å². The van der Waals surface area contributed by atoms with Crippen molar-refractivity contribution in [3.63, 3.8) is 0 Å². The van der Waals surface area contributed by atoms with E-state index in [0.717, 1.165) is 28.1 Å². The summed E-state index contributed by atoms with van der Waals surface area (Å²) in [5.74, 6) is -0.871. The maximum absolute atomic E-state index is 11.0. The summed E-state index contributed by atoms with van der Waals surface area (Å²) in [5.41, 5.74) is 3.14. The third kappa shape index (κ3) is 1.98. The van der Waals surface area contributed by atoms with Gasteiger partial charge in [0.1, 0.15) is 4.88 Å². The van der Waals surface area contributed by atoms with Crippen LogP contribution >= 0.6 is 11.3 Å². The Labute approximate surface area is 104 Å². The minimum Gasteiger partial charge on any atom is -0.477 e. The summed E-state index contributed by atoms with van der Waals surface area (Å²) in [6.45, 7) is 4.01. The van der Waals surface area contributed by atoms with Gasteiger partial charge in [-0.25, -0.2) is 4.79 Å². The molecule has 0 unspecified atom stereocenters. The van der Waals surface area contributed by atoms with Gasteiger partial charge in [0.2, 0.25) is 0 Å². The van der Waals surface area contributed by atoms with Crippen LogP contribution in [0.3, 0.4) is 0 Å². The molecule has 4 nitrogen and oxygen atoms in total. The van der Waals surface area contributed by atoms with E-state index >= 15 is 0 Å². The lowest BCUT2D eigenvalue weighted by Gasteiger charge is -2.03. The molecule has 0 atom stereocenters. The number of nitrogens with zero attached hydrogens (tertiary/aromatic N) is 2. The first-order chi connectivity index (χ1) is 8.04. The Hall–Kier alpha value is -1.62.